The first-order valence-corrected chi connectivity index (χ1v) is 6.96. The Morgan fingerprint density at radius 1 is 1.50 bits per heavy atom. The fourth-order valence-electron chi connectivity index (χ4n) is 0.940. The van der Waals surface area contributed by atoms with Gasteiger partial charge in [0, 0.05) is 27.9 Å². The van der Waals surface area contributed by atoms with Crippen molar-refractivity contribution in [3.05, 3.63) is 22.8 Å². The Hall–Kier alpha value is -0.610. The molecule has 78 valence electrons. The van der Waals surface area contributed by atoms with E-state index in [0.717, 1.165) is 12.1 Å². The average molecular weight is 233 g/mol. The fraction of sp³-hybridized carbons (Fsp3) is 0.444. The molecule has 0 radical (unpaired) electrons. The molecule has 1 aromatic rings. The third kappa shape index (κ3) is 3.27. The molecule has 14 heavy (non-hydrogen) atoms. The van der Waals surface area contributed by atoms with Gasteiger partial charge in [-0.1, -0.05) is 18.5 Å². The monoisotopic (exact) mass is 232 g/mol. The van der Waals surface area contributed by atoms with Gasteiger partial charge < -0.3 is 0 Å². The van der Waals surface area contributed by atoms with Crippen LogP contribution < -0.4 is 0 Å². The van der Waals surface area contributed by atoms with Crippen LogP contribution in [0.4, 0.5) is 5.82 Å². The van der Waals surface area contributed by atoms with Crippen LogP contribution in [0.25, 0.3) is 0 Å². The molecule has 0 saturated carbocycles. The molecule has 0 aromatic carbocycles. The van der Waals surface area contributed by atoms with E-state index in [0.29, 0.717) is 10.8 Å². The molecule has 1 heterocycles. The van der Waals surface area contributed by atoms with E-state index in [2.05, 4.69) is 9.35 Å². The zero-order valence-electron chi connectivity index (χ0n) is 8.45. The molecule has 0 aliphatic carbocycles. The van der Waals surface area contributed by atoms with Gasteiger partial charge in [0.05, 0.1) is 5.02 Å². The minimum Gasteiger partial charge on any atom is -0.250 e. The second-order valence-electron chi connectivity index (χ2n) is 3.23. The lowest BCUT2D eigenvalue weighted by Gasteiger charge is -2.01. The van der Waals surface area contributed by atoms with Crippen molar-refractivity contribution < 1.29 is 4.21 Å². The van der Waals surface area contributed by atoms with Gasteiger partial charge in [0.15, 0.2) is 5.82 Å². The normalized spacial score (nSPS) is 11.4. The van der Waals surface area contributed by atoms with Crippen LogP contribution in [-0.2, 0) is 16.1 Å². The third-order valence-electron chi connectivity index (χ3n) is 1.55. The maximum absolute atomic E-state index is 11.4. The van der Waals surface area contributed by atoms with Crippen LogP contribution in [0.1, 0.15) is 12.6 Å². The maximum Gasteiger partial charge on any atom is 0.180 e. The number of aromatic nitrogens is 1. The van der Waals surface area contributed by atoms with Crippen LogP contribution >= 0.6 is 11.6 Å². The van der Waals surface area contributed by atoms with Crippen LogP contribution in [-0.4, -0.2) is 21.7 Å². The van der Waals surface area contributed by atoms with Crippen LogP contribution in [0, 0.1) is 0 Å². The van der Waals surface area contributed by atoms with Gasteiger partial charge in [0.1, 0.15) is 0 Å². The van der Waals surface area contributed by atoms with E-state index >= 15 is 0 Å². The third-order valence-corrected chi connectivity index (χ3v) is 2.46. The van der Waals surface area contributed by atoms with Crippen molar-refractivity contribution in [1.82, 2.24) is 4.98 Å². The number of rotatable bonds is 2. The number of aryl methyl sites for hydroxylation is 1. The Kier molecular flexibility index (Phi) is 3.50. The van der Waals surface area contributed by atoms with E-state index in [-0.39, 0.29) is 0 Å². The molecule has 5 heteroatoms. The first-order valence-electron chi connectivity index (χ1n) is 4.25. The predicted octanol–water partition coefficient (Wildman–Crippen LogP) is 2.66. The minimum absolute atomic E-state index is 0.376. The Bertz CT molecular complexity index is 442. The first-order chi connectivity index (χ1) is 6.42. The number of halogens is 1. The van der Waals surface area contributed by atoms with Crippen LogP contribution in [0.5, 0.6) is 0 Å². The highest BCUT2D eigenvalue weighted by Crippen LogP contribution is 2.23. The van der Waals surface area contributed by atoms with Gasteiger partial charge >= 0.3 is 0 Å². The largest absolute Gasteiger partial charge is 0.250 e. The quantitative estimate of drug-likeness (QED) is 0.787. The summed E-state index contributed by atoms with van der Waals surface area (Å²) in [6.45, 7) is 2.00. The molecule has 0 unspecified atom stereocenters. The lowest BCUT2D eigenvalue weighted by atomic mass is 10.3. The maximum atomic E-state index is 11.4. The van der Waals surface area contributed by atoms with E-state index in [1.807, 2.05) is 13.0 Å². The summed E-state index contributed by atoms with van der Waals surface area (Å²) >= 11 is 5.88. The van der Waals surface area contributed by atoms with E-state index in [1.165, 1.54) is 0 Å². The smallest absolute Gasteiger partial charge is 0.180 e. The van der Waals surface area contributed by atoms with E-state index in [1.54, 1.807) is 18.6 Å². The number of hydrogen-bond donors (Lipinski definition) is 0. The molecule has 0 atom stereocenters. The zero-order chi connectivity index (χ0) is 10.8. The number of pyridine rings is 1. The van der Waals surface area contributed by atoms with Gasteiger partial charge in [0.2, 0.25) is 0 Å². The molecule has 0 amide bonds. The summed E-state index contributed by atoms with van der Waals surface area (Å²) in [4.78, 5) is 4.20. The van der Waals surface area contributed by atoms with Crippen molar-refractivity contribution in [2.45, 2.75) is 13.3 Å². The topological polar surface area (TPSA) is 42.3 Å². The Morgan fingerprint density at radius 3 is 2.64 bits per heavy atom. The van der Waals surface area contributed by atoms with Crippen LogP contribution in [0.3, 0.4) is 0 Å². The molecular weight excluding hydrogens is 220 g/mol. The highest BCUT2D eigenvalue weighted by Gasteiger charge is 2.03. The fourth-order valence-corrected chi connectivity index (χ4v) is 1.69. The molecule has 1 aromatic heterocycles. The van der Waals surface area contributed by atoms with Crippen molar-refractivity contribution in [2.24, 2.45) is 4.36 Å². The SMILES string of the molecule is CCc1ccc(Cl)c(N=S(C)(C)=O)n1. The first kappa shape index (κ1) is 11.5. The van der Waals surface area contributed by atoms with Gasteiger partial charge in [-0.25, -0.2) is 9.19 Å². The minimum atomic E-state index is -2.20. The zero-order valence-corrected chi connectivity index (χ0v) is 10.0. The Balaban J connectivity index is 3.27. The number of hydrogen-bond acceptors (Lipinski definition) is 3. The summed E-state index contributed by atoms with van der Waals surface area (Å²) in [6.07, 6.45) is 3.93. The van der Waals surface area contributed by atoms with Gasteiger partial charge in [-0.15, -0.1) is 0 Å². The summed E-state index contributed by atoms with van der Waals surface area (Å²) in [7, 11) is -2.20. The summed E-state index contributed by atoms with van der Waals surface area (Å²) in [5.41, 5.74) is 0.900. The molecule has 0 N–H and O–H groups in total. The molecule has 1 rings (SSSR count). The van der Waals surface area contributed by atoms with Gasteiger partial charge in [0.25, 0.3) is 0 Å². The highest BCUT2D eigenvalue weighted by molar-refractivity contribution is 7.92. The van der Waals surface area contributed by atoms with Crippen LogP contribution in [0.15, 0.2) is 16.5 Å². The molecule has 0 fully saturated rings. The standard InChI is InChI=1S/C9H13ClN2OS/c1-4-7-5-6-8(10)9(11-7)12-14(2,3)13/h5-6H,4H2,1-3H3. The van der Waals surface area contributed by atoms with Crippen molar-refractivity contribution in [3.63, 3.8) is 0 Å². The lowest BCUT2D eigenvalue weighted by molar-refractivity contribution is 0.684. The van der Waals surface area contributed by atoms with E-state index < -0.39 is 9.73 Å². The van der Waals surface area contributed by atoms with Gasteiger partial charge in [-0.3, -0.25) is 0 Å². The Morgan fingerprint density at radius 2 is 2.14 bits per heavy atom. The van der Waals surface area contributed by atoms with Crippen molar-refractivity contribution in [2.75, 3.05) is 12.5 Å². The van der Waals surface area contributed by atoms with Gasteiger partial charge in [-0.2, -0.15) is 4.36 Å². The lowest BCUT2D eigenvalue weighted by Crippen LogP contribution is -1.92. The predicted molar refractivity (Wildman–Crippen MR) is 60.7 cm³/mol. The summed E-state index contributed by atoms with van der Waals surface area (Å²) in [5, 5.41) is 0.443. The molecule has 0 bridgehead atoms. The molecule has 0 spiro atoms. The molecular formula is C9H13ClN2OS. The summed E-state index contributed by atoms with van der Waals surface area (Å²) < 4.78 is 15.4. The number of nitrogens with zero attached hydrogens (tertiary/aromatic N) is 2. The Labute approximate surface area is 89.7 Å². The average Bonchev–Trinajstić information content (AvgIpc) is 2.06. The highest BCUT2D eigenvalue weighted by atomic mass is 35.5. The summed E-state index contributed by atoms with van der Waals surface area (Å²) in [5.74, 6) is 0.376. The van der Waals surface area contributed by atoms with Crippen molar-refractivity contribution in [3.8, 4) is 0 Å². The van der Waals surface area contributed by atoms with Crippen molar-refractivity contribution in [1.29, 1.82) is 0 Å². The molecule has 0 aliphatic heterocycles. The molecule has 0 saturated heterocycles. The molecule has 0 aliphatic rings. The second kappa shape index (κ2) is 4.28. The second-order valence-corrected chi connectivity index (χ2v) is 6.19. The van der Waals surface area contributed by atoms with Crippen LogP contribution in [0.2, 0.25) is 5.02 Å². The van der Waals surface area contributed by atoms with Gasteiger partial charge in [-0.05, 0) is 18.6 Å². The molecule has 3 nitrogen and oxygen atoms in total. The van der Waals surface area contributed by atoms with E-state index in [9.17, 15) is 4.21 Å². The summed E-state index contributed by atoms with van der Waals surface area (Å²) in [6, 6.07) is 3.58. The van der Waals surface area contributed by atoms with Crippen molar-refractivity contribution >= 4 is 27.1 Å². The van der Waals surface area contributed by atoms with E-state index in [4.69, 9.17) is 11.6 Å².